The molecule has 36 heavy (non-hydrogen) atoms. The zero-order valence-corrected chi connectivity index (χ0v) is 19.7. The highest BCUT2D eigenvalue weighted by Crippen LogP contribution is 2.43. The van der Waals surface area contributed by atoms with Gasteiger partial charge in [-0.15, -0.1) is 0 Å². The smallest absolute Gasteiger partial charge is 0.246 e. The van der Waals surface area contributed by atoms with Crippen LogP contribution in [0.15, 0.2) is 72.8 Å². The Morgan fingerprint density at radius 3 is 2.61 bits per heavy atom. The molecule has 2 aliphatic heterocycles. The molecule has 2 aliphatic rings. The number of hydrogen-bond donors (Lipinski definition) is 2. The topological polar surface area (TPSA) is 103 Å². The van der Waals surface area contributed by atoms with Gasteiger partial charge in [0.1, 0.15) is 12.6 Å². The number of anilines is 1. The van der Waals surface area contributed by atoms with Crippen LogP contribution in [0.2, 0.25) is 0 Å². The van der Waals surface area contributed by atoms with Gasteiger partial charge in [-0.25, -0.2) is 0 Å². The molecular weight excluding hydrogens is 456 g/mol. The number of aromatic amines is 1. The van der Waals surface area contributed by atoms with E-state index in [1.165, 1.54) is 6.07 Å². The largest absolute Gasteiger partial charge is 0.733 e. The van der Waals surface area contributed by atoms with E-state index in [9.17, 15) is 20.0 Å². The third-order valence-corrected chi connectivity index (χ3v) is 7.24. The van der Waals surface area contributed by atoms with Gasteiger partial charge < -0.3 is 25.2 Å². The molecule has 3 heterocycles. The Balaban J connectivity index is 1.45. The SMILES string of the molecule is Cc1ccc(CN2CC(=O)N3C(c4cccc(N([O-])O)c4)c4[nH]c5ccccc5c4C[C@H]3C2=O)cc1. The summed E-state index contributed by atoms with van der Waals surface area (Å²) < 4.78 is 0. The number of carbonyl (C=O) groups is 2. The molecule has 1 aromatic heterocycles. The zero-order chi connectivity index (χ0) is 25.0. The highest BCUT2D eigenvalue weighted by atomic mass is 16.8. The Hall–Kier alpha value is -4.14. The number of benzene rings is 3. The highest BCUT2D eigenvalue weighted by molar-refractivity contribution is 5.97. The molecule has 0 saturated carbocycles. The Kier molecular flexibility index (Phi) is 5.28. The zero-order valence-electron chi connectivity index (χ0n) is 19.7. The lowest BCUT2D eigenvalue weighted by Crippen LogP contribution is -2.62. The van der Waals surface area contributed by atoms with E-state index in [1.54, 1.807) is 21.9 Å². The molecule has 8 heteroatoms. The molecule has 0 aliphatic carbocycles. The van der Waals surface area contributed by atoms with Gasteiger partial charge in [0.15, 0.2) is 0 Å². The van der Waals surface area contributed by atoms with Gasteiger partial charge in [0.25, 0.3) is 0 Å². The number of rotatable bonds is 4. The lowest BCUT2D eigenvalue weighted by Gasteiger charge is -2.47. The molecule has 1 fully saturated rings. The molecule has 2 atom stereocenters. The fraction of sp³-hybridized carbons (Fsp3) is 0.214. The summed E-state index contributed by atoms with van der Waals surface area (Å²) in [5.74, 6) is -0.255. The van der Waals surface area contributed by atoms with E-state index in [1.807, 2.05) is 61.5 Å². The summed E-state index contributed by atoms with van der Waals surface area (Å²) in [5.41, 5.74) is 5.55. The van der Waals surface area contributed by atoms with Gasteiger partial charge in [-0.1, -0.05) is 60.2 Å². The van der Waals surface area contributed by atoms with Gasteiger partial charge in [0.05, 0.1) is 11.7 Å². The van der Waals surface area contributed by atoms with Crippen LogP contribution < -0.4 is 5.23 Å². The van der Waals surface area contributed by atoms with Gasteiger partial charge in [-0.05, 0) is 41.8 Å². The molecule has 4 aromatic rings. The van der Waals surface area contributed by atoms with Crippen molar-refractivity contribution in [2.75, 3.05) is 11.8 Å². The Morgan fingerprint density at radius 1 is 1.06 bits per heavy atom. The van der Waals surface area contributed by atoms with Crippen LogP contribution in [0.1, 0.15) is 34.0 Å². The summed E-state index contributed by atoms with van der Waals surface area (Å²) in [6.07, 6.45) is 0.401. The minimum Gasteiger partial charge on any atom is -0.733 e. The Morgan fingerprint density at radius 2 is 1.83 bits per heavy atom. The second-order valence-corrected chi connectivity index (χ2v) is 9.53. The molecule has 2 amide bonds. The maximum atomic E-state index is 13.8. The van der Waals surface area contributed by atoms with Crippen LogP contribution in [-0.2, 0) is 22.6 Å². The molecule has 6 rings (SSSR count). The number of aryl methyl sites for hydroxylation is 1. The first-order chi connectivity index (χ1) is 17.4. The monoisotopic (exact) mass is 481 g/mol. The van der Waals surface area contributed by atoms with Crippen molar-refractivity contribution in [2.24, 2.45) is 0 Å². The van der Waals surface area contributed by atoms with Crippen molar-refractivity contribution >= 4 is 28.4 Å². The maximum Gasteiger partial charge on any atom is 0.246 e. The third kappa shape index (κ3) is 3.62. The van der Waals surface area contributed by atoms with Crippen molar-refractivity contribution in [3.63, 3.8) is 0 Å². The standard InChI is InChI=1S/C28H25N4O4/c1-17-9-11-18(12-10-17)15-30-16-25(33)31-24(28(30)34)14-22-21-7-2-3-8-23(21)29-26(22)27(31)19-5-4-6-20(13-19)32(35)36/h2-13,24,27,29,35H,14-16H2,1H3/q-1/t24-,27?/m0/s1. The number of amides is 2. The third-order valence-electron chi connectivity index (χ3n) is 7.24. The van der Waals surface area contributed by atoms with Crippen molar-refractivity contribution in [1.82, 2.24) is 14.8 Å². The lowest BCUT2D eigenvalue weighted by atomic mass is 9.86. The van der Waals surface area contributed by atoms with Crippen LogP contribution in [0.4, 0.5) is 5.69 Å². The number of para-hydroxylation sites is 1. The summed E-state index contributed by atoms with van der Waals surface area (Å²) >= 11 is 0. The van der Waals surface area contributed by atoms with Gasteiger partial charge in [0.2, 0.25) is 11.8 Å². The molecule has 2 N–H and O–H groups in total. The minimum absolute atomic E-state index is 0.0252. The van der Waals surface area contributed by atoms with Crippen LogP contribution in [-0.4, -0.2) is 44.4 Å². The number of hydrogen-bond acceptors (Lipinski definition) is 5. The molecule has 3 aromatic carbocycles. The Labute approximate surface area is 207 Å². The van der Waals surface area contributed by atoms with Crippen LogP contribution in [0.25, 0.3) is 10.9 Å². The fourth-order valence-corrected chi connectivity index (χ4v) is 5.53. The van der Waals surface area contributed by atoms with E-state index in [-0.39, 0.29) is 29.3 Å². The van der Waals surface area contributed by atoms with Gasteiger partial charge in [-0.2, -0.15) is 0 Å². The van der Waals surface area contributed by atoms with Gasteiger partial charge in [-0.3, -0.25) is 14.8 Å². The van der Waals surface area contributed by atoms with E-state index < -0.39 is 12.1 Å². The number of fused-ring (bicyclic) bond motifs is 4. The van der Waals surface area contributed by atoms with Crippen molar-refractivity contribution in [1.29, 1.82) is 0 Å². The molecular formula is C28H25N4O4-. The van der Waals surface area contributed by atoms with Gasteiger partial charge >= 0.3 is 0 Å². The van der Waals surface area contributed by atoms with Crippen molar-refractivity contribution < 1.29 is 14.8 Å². The van der Waals surface area contributed by atoms with E-state index in [2.05, 4.69) is 4.98 Å². The summed E-state index contributed by atoms with van der Waals surface area (Å²) in [5, 5.41) is 21.9. The molecule has 1 unspecified atom stereocenters. The number of nitrogens with one attached hydrogen (secondary N) is 1. The predicted octanol–water partition coefficient (Wildman–Crippen LogP) is 4.05. The van der Waals surface area contributed by atoms with Crippen molar-refractivity contribution in [2.45, 2.75) is 32.0 Å². The summed E-state index contributed by atoms with van der Waals surface area (Å²) in [7, 11) is 0. The van der Waals surface area contributed by atoms with E-state index in [4.69, 9.17) is 0 Å². The minimum atomic E-state index is -0.672. The number of H-pyrrole nitrogens is 1. The Bertz CT molecular complexity index is 1480. The first-order valence-corrected chi connectivity index (χ1v) is 11.9. The number of carbonyl (C=O) groups excluding carboxylic acids is 2. The first kappa shape index (κ1) is 22.3. The number of aromatic nitrogens is 1. The fourth-order valence-electron chi connectivity index (χ4n) is 5.53. The van der Waals surface area contributed by atoms with E-state index in [0.717, 1.165) is 33.3 Å². The predicted molar refractivity (Wildman–Crippen MR) is 135 cm³/mol. The summed E-state index contributed by atoms with van der Waals surface area (Å²) in [4.78, 5) is 34.2. The van der Waals surface area contributed by atoms with Crippen LogP contribution in [0.3, 0.4) is 0 Å². The summed E-state index contributed by atoms with van der Waals surface area (Å²) in [6.45, 7) is 2.35. The molecule has 1 saturated heterocycles. The van der Waals surface area contributed by atoms with Gasteiger partial charge in [0, 0.05) is 29.6 Å². The van der Waals surface area contributed by atoms with Crippen LogP contribution >= 0.6 is 0 Å². The second kappa shape index (κ2) is 8.51. The average Bonchev–Trinajstić information content (AvgIpc) is 3.25. The number of nitrogens with zero attached hydrogens (tertiary/aromatic N) is 3. The van der Waals surface area contributed by atoms with Crippen molar-refractivity contribution in [3.8, 4) is 0 Å². The van der Waals surface area contributed by atoms with Crippen LogP contribution in [0.5, 0.6) is 0 Å². The molecule has 182 valence electrons. The summed E-state index contributed by atoms with van der Waals surface area (Å²) in [6, 6.07) is 21.1. The average molecular weight is 482 g/mol. The van der Waals surface area contributed by atoms with E-state index in [0.29, 0.717) is 18.5 Å². The quantitative estimate of drug-likeness (QED) is 0.428. The maximum absolute atomic E-state index is 13.8. The first-order valence-electron chi connectivity index (χ1n) is 11.9. The van der Waals surface area contributed by atoms with E-state index >= 15 is 0 Å². The van der Waals surface area contributed by atoms with Crippen molar-refractivity contribution in [3.05, 3.63) is 106 Å². The molecule has 0 radical (unpaired) electrons. The van der Waals surface area contributed by atoms with Crippen LogP contribution in [0, 0.1) is 12.1 Å². The lowest BCUT2D eigenvalue weighted by molar-refractivity contribution is -0.159. The molecule has 0 bridgehead atoms. The molecule has 0 spiro atoms. The second-order valence-electron chi connectivity index (χ2n) is 9.53. The normalized spacial score (nSPS) is 19.4. The molecule has 8 nitrogen and oxygen atoms in total. The highest BCUT2D eigenvalue weighted by Gasteiger charge is 2.48. The number of piperazine rings is 1.